The summed E-state index contributed by atoms with van der Waals surface area (Å²) >= 11 is 0. The minimum Gasteiger partial charge on any atom is -0.273 e. The molecule has 0 atom stereocenters. The van der Waals surface area contributed by atoms with Crippen LogP contribution in [0.1, 0.15) is 57.1 Å². The van der Waals surface area contributed by atoms with E-state index in [0.29, 0.717) is 25.7 Å². The normalized spacial score (nSPS) is 12.1. The molecule has 0 aliphatic carbocycles. The van der Waals surface area contributed by atoms with Crippen LogP contribution in [0.2, 0.25) is 0 Å². The number of benzene rings is 4. The van der Waals surface area contributed by atoms with Gasteiger partial charge in [-0.25, -0.2) is 10.9 Å². The van der Waals surface area contributed by atoms with Crippen molar-refractivity contribution in [3.63, 3.8) is 0 Å². The first kappa shape index (κ1) is 25.8. The van der Waals surface area contributed by atoms with E-state index in [-0.39, 0.29) is 11.8 Å². The van der Waals surface area contributed by atoms with Gasteiger partial charge in [-0.2, -0.15) is 10.2 Å². The SMILES string of the molecule is CC(=NNC(=O)CCCCCC(=O)NN=C(C)c1ccc2ccccc2c1)c1ccc2ccccc2c1. The van der Waals surface area contributed by atoms with Crippen LogP contribution in [0.5, 0.6) is 0 Å². The summed E-state index contributed by atoms with van der Waals surface area (Å²) in [5.74, 6) is -0.250. The maximum atomic E-state index is 12.2. The lowest BCUT2D eigenvalue weighted by atomic mass is 10.0. The van der Waals surface area contributed by atoms with Gasteiger partial charge in [-0.3, -0.25) is 9.59 Å². The molecule has 0 aliphatic rings. The van der Waals surface area contributed by atoms with Gasteiger partial charge in [-0.05, 0) is 71.5 Å². The Balaban J connectivity index is 1.14. The number of nitrogens with one attached hydrogen (secondary N) is 2. The second kappa shape index (κ2) is 12.6. The molecule has 188 valence electrons. The van der Waals surface area contributed by atoms with Crippen molar-refractivity contribution in [1.29, 1.82) is 0 Å². The van der Waals surface area contributed by atoms with E-state index in [1.165, 1.54) is 10.8 Å². The van der Waals surface area contributed by atoms with Gasteiger partial charge in [-0.15, -0.1) is 0 Å². The van der Waals surface area contributed by atoms with Crippen LogP contribution in [0.25, 0.3) is 21.5 Å². The van der Waals surface area contributed by atoms with Crippen LogP contribution in [0.15, 0.2) is 95.1 Å². The first-order chi connectivity index (χ1) is 18.0. The molecule has 2 N–H and O–H groups in total. The molecule has 37 heavy (non-hydrogen) atoms. The molecule has 0 saturated carbocycles. The molecular weight excluding hydrogens is 460 g/mol. The number of carbonyl (C=O) groups excluding carboxylic acids is 2. The zero-order chi connectivity index (χ0) is 26.0. The second-order valence-corrected chi connectivity index (χ2v) is 9.15. The first-order valence-electron chi connectivity index (χ1n) is 12.6. The highest BCUT2D eigenvalue weighted by Gasteiger charge is 2.05. The number of fused-ring (bicyclic) bond motifs is 2. The van der Waals surface area contributed by atoms with Crippen molar-refractivity contribution in [3.05, 3.63) is 96.1 Å². The van der Waals surface area contributed by atoms with E-state index in [9.17, 15) is 9.59 Å². The Morgan fingerprint density at radius 2 is 0.973 bits per heavy atom. The minimum absolute atomic E-state index is 0.125. The Kier molecular flexibility index (Phi) is 8.76. The summed E-state index contributed by atoms with van der Waals surface area (Å²) in [5, 5.41) is 13.1. The van der Waals surface area contributed by atoms with E-state index in [4.69, 9.17) is 0 Å². The van der Waals surface area contributed by atoms with Gasteiger partial charge < -0.3 is 0 Å². The summed E-state index contributed by atoms with van der Waals surface area (Å²) in [6, 6.07) is 28.5. The zero-order valence-electron chi connectivity index (χ0n) is 21.3. The van der Waals surface area contributed by atoms with Crippen molar-refractivity contribution in [3.8, 4) is 0 Å². The van der Waals surface area contributed by atoms with Crippen LogP contribution in [-0.4, -0.2) is 23.2 Å². The molecule has 6 nitrogen and oxygen atoms in total. The fourth-order valence-electron chi connectivity index (χ4n) is 4.11. The number of rotatable bonds is 10. The molecule has 4 rings (SSSR count). The molecule has 0 aliphatic heterocycles. The quantitative estimate of drug-likeness (QED) is 0.154. The van der Waals surface area contributed by atoms with Gasteiger partial charge in [0.2, 0.25) is 11.8 Å². The van der Waals surface area contributed by atoms with Gasteiger partial charge >= 0.3 is 0 Å². The smallest absolute Gasteiger partial charge is 0.240 e. The monoisotopic (exact) mass is 492 g/mol. The lowest BCUT2D eigenvalue weighted by Gasteiger charge is -2.06. The Morgan fingerprint density at radius 1 is 0.568 bits per heavy atom. The first-order valence-corrected chi connectivity index (χ1v) is 12.6. The molecule has 0 aromatic heterocycles. The molecule has 4 aromatic carbocycles. The standard InChI is InChI=1S/C31H32N4O2/c1-22(26-18-16-24-10-6-8-12-28(24)20-26)32-34-30(36)14-4-3-5-15-31(37)35-33-23(2)27-19-17-25-11-7-9-13-29(25)21-27/h6-13,16-21H,3-5,14-15H2,1-2H3,(H,34,36)(H,35,37). The highest BCUT2D eigenvalue weighted by Crippen LogP contribution is 2.17. The molecule has 0 radical (unpaired) electrons. The average molecular weight is 493 g/mol. The maximum Gasteiger partial charge on any atom is 0.240 e. The number of unbranched alkanes of at least 4 members (excludes halogenated alkanes) is 2. The van der Waals surface area contributed by atoms with Crippen LogP contribution in [0.3, 0.4) is 0 Å². The van der Waals surface area contributed by atoms with Gasteiger partial charge in [0.05, 0.1) is 11.4 Å². The molecule has 4 aromatic rings. The van der Waals surface area contributed by atoms with Crippen molar-refractivity contribution in [2.75, 3.05) is 0 Å². The fourth-order valence-corrected chi connectivity index (χ4v) is 4.11. The van der Waals surface area contributed by atoms with Crippen LogP contribution in [0, 0.1) is 0 Å². The number of hydrogen-bond donors (Lipinski definition) is 2. The van der Waals surface area contributed by atoms with Crippen molar-refractivity contribution in [2.45, 2.75) is 46.0 Å². The van der Waals surface area contributed by atoms with Gasteiger partial charge in [0, 0.05) is 12.8 Å². The minimum atomic E-state index is -0.125. The van der Waals surface area contributed by atoms with Crippen molar-refractivity contribution in [1.82, 2.24) is 10.9 Å². The van der Waals surface area contributed by atoms with Gasteiger partial charge in [0.15, 0.2) is 0 Å². The molecule has 6 heteroatoms. The number of hydrogen-bond acceptors (Lipinski definition) is 4. The number of hydrazone groups is 2. The zero-order valence-corrected chi connectivity index (χ0v) is 21.3. The van der Waals surface area contributed by atoms with Crippen molar-refractivity contribution >= 4 is 44.8 Å². The highest BCUT2D eigenvalue weighted by atomic mass is 16.2. The van der Waals surface area contributed by atoms with Gasteiger partial charge in [-0.1, -0.05) is 79.2 Å². The van der Waals surface area contributed by atoms with Gasteiger partial charge in [0.25, 0.3) is 0 Å². The number of carbonyl (C=O) groups is 2. The Hall–Kier alpha value is -4.32. The van der Waals surface area contributed by atoms with Crippen molar-refractivity contribution < 1.29 is 9.59 Å². The fraction of sp³-hybridized carbons (Fsp3) is 0.226. The second-order valence-electron chi connectivity index (χ2n) is 9.15. The molecule has 0 spiro atoms. The molecule has 2 amide bonds. The molecule has 0 fully saturated rings. The lowest BCUT2D eigenvalue weighted by Crippen LogP contribution is -2.19. The Morgan fingerprint density at radius 3 is 1.41 bits per heavy atom. The van der Waals surface area contributed by atoms with E-state index in [2.05, 4.69) is 69.6 Å². The molecule has 0 saturated heterocycles. The molecular formula is C31H32N4O2. The predicted octanol–water partition coefficient (Wildman–Crippen LogP) is 6.32. The van der Waals surface area contributed by atoms with Crippen LogP contribution >= 0.6 is 0 Å². The molecule has 0 heterocycles. The van der Waals surface area contributed by atoms with E-state index >= 15 is 0 Å². The number of amides is 2. The third-order valence-corrected chi connectivity index (χ3v) is 6.34. The predicted molar refractivity (Wildman–Crippen MR) is 152 cm³/mol. The van der Waals surface area contributed by atoms with E-state index in [1.54, 1.807) is 0 Å². The number of nitrogens with zero attached hydrogens (tertiary/aromatic N) is 2. The summed E-state index contributed by atoms with van der Waals surface area (Å²) in [4.78, 5) is 24.3. The third-order valence-electron chi connectivity index (χ3n) is 6.34. The summed E-state index contributed by atoms with van der Waals surface area (Å²) < 4.78 is 0. The molecule has 0 unspecified atom stereocenters. The maximum absolute atomic E-state index is 12.2. The average Bonchev–Trinajstić information content (AvgIpc) is 2.93. The summed E-state index contributed by atoms with van der Waals surface area (Å²) in [6.07, 6.45) is 2.92. The van der Waals surface area contributed by atoms with Crippen LogP contribution in [0.4, 0.5) is 0 Å². The van der Waals surface area contributed by atoms with E-state index in [0.717, 1.165) is 39.7 Å². The topological polar surface area (TPSA) is 82.9 Å². The lowest BCUT2D eigenvalue weighted by molar-refractivity contribution is -0.121. The summed E-state index contributed by atoms with van der Waals surface area (Å²) in [7, 11) is 0. The van der Waals surface area contributed by atoms with Crippen LogP contribution < -0.4 is 10.9 Å². The van der Waals surface area contributed by atoms with E-state index in [1.807, 2.05) is 50.2 Å². The highest BCUT2D eigenvalue weighted by molar-refractivity contribution is 6.03. The van der Waals surface area contributed by atoms with Crippen molar-refractivity contribution in [2.24, 2.45) is 10.2 Å². The Labute approximate surface area is 217 Å². The van der Waals surface area contributed by atoms with Gasteiger partial charge in [0.1, 0.15) is 0 Å². The molecule has 0 bridgehead atoms. The van der Waals surface area contributed by atoms with E-state index < -0.39 is 0 Å². The summed E-state index contributed by atoms with van der Waals surface area (Å²) in [6.45, 7) is 3.76. The largest absolute Gasteiger partial charge is 0.273 e. The third kappa shape index (κ3) is 7.34. The van der Waals surface area contributed by atoms with Crippen LogP contribution in [-0.2, 0) is 9.59 Å². The summed E-state index contributed by atoms with van der Waals surface area (Å²) in [5.41, 5.74) is 8.75. The Bertz CT molecular complexity index is 1360.